The molecule has 76 heavy (non-hydrogen) atoms. The summed E-state index contributed by atoms with van der Waals surface area (Å²) in [6, 6.07) is 21.6. The van der Waals surface area contributed by atoms with Crippen LogP contribution in [0.15, 0.2) is 106 Å². The van der Waals surface area contributed by atoms with Gasteiger partial charge in [-0.2, -0.15) is 0 Å². The lowest BCUT2D eigenvalue weighted by Crippen LogP contribution is -2.38. The normalized spacial score (nSPS) is 18.8. The van der Waals surface area contributed by atoms with Crippen LogP contribution in [0.25, 0.3) is 22.9 Å². The van der Waals surface area contributed by atoms with Crippen molar-refractivity contribution in [2.24, 2.45) is 5.73 Å². The fourth-order valence-electron chi connectivity index (χ4n) is 9.61. The van der Waals surface area contributed by atoms with Gasteiger partial charge in [-0.05, 0) is 163 Å². The Bertz CT molecular complexity index is 3010. The van der Waals surface area contributed by atoms with Gasteiger partial charge < -0.3 is 30.1 Å². The van der Waals surface area contributed by atoms with E-state index >= 15 is 0 Å². The number of alkyl halides is 2. The molecule has 20 heteroatoms. The van der Waals surface area contributed by atoms with E-state index in [2.05, 4.69) is 67.3 Å². The SMILES string of the molecule is BrCCCCCBr.Cc1oc(-c2ccc(C(=O)NCc3cccnc3)cc2)nc1CS(=O)(=O)[C@@H]1CC[C@H](N)C1.Cc1oc(-c2ccc(C(=O)NCc3cccnc3)cc2)nc1CS(=O)(=O)[C@@H]1CC[C@H](N2CCCCC2)C1. The number of halogens is 2. The van der Waals surface area contributed by atoms with Crippen molar-refractivity contribution < 1.29 is 35.3 Å². The van der Waals surface area contributed by atoms with Crippen molar-refractivity contribution in [1.82, 2.24) is 35.5 Å². The van der Waals surface area contributed by atoms with E-state index in [0.717, 1.165) is 60.6 Å². The summed E-state index contributed by atoms with van der Waals surface area (Å²) in [7, 11) is -6.67. The van der Waals surface area contributed by atoms with Crippen LogP contribution in [0, 0.1) is 13.8 Å². The molecule has 3 aliphatic rings. The molecule has 4 N–H and O–H groups in total. The number of nitrogens with zero attached hydrogens (tertiary/aromatic N) is 5. The molecule has 0 radical (unpaired) electrons. The zero-order valence-corrected chi connectivity index (χ0v) is 48.1. The standard InChI is InChI=1S/C28H34N4O4S.C23H26N4O4S.C5H10Br2/c1-20-26(19-37(34,35)25-12-11-24(16-25)32-14-3-2-4-15-32)31-28(36-20)23-9-7-22(8-10-23)27(33)30-18-21-6-5-13-29-17-21;1-15-21(14-32(29,30)20-9-8-19(24)11-20)27-23(31-15)18-6-4-17(5-7-18)22(28)26-13-16-3-2-10-25-12-16;6-4-2-1-3-5-7/h5-10,13,17,24-25H,2-4,11-12,14-16,18-19H2,1H3,(H,30,33);2-7,10,12,19-20H,8-9,11,13-14,24H2,1H3,(H,26,28);1-5H2/t24-,25+;19-,20+;/m00./s1. The van der Waals surface area contributed by atoms with Gasteiger partial charge in [0.1, 0.15) is 11.5 Å². The van der Waals surface area contributed by atoms with Crippen LogP contribution in [0.1, 0.15) is 132 Å². The number of oxazole rings is 2. The van der Waals surface area contributed by atoms with Crippen molar-refractivity contribution in [2.45, 2.75) is 138 Å². The Morgan fingerprint density at radius 3 is 1.51 bits per heavy atom. The molecule has 5 heterocycles. The minimum absolute atomic E-state index is 0.0520. The van der Waals surface area contributed by atoms with Gasteiger partial charge in [-0.1, -0.05) is 56.8 Å². The van der Waals surface area contributed by atoms with E-state index in [1.807, 2.05) is 24.3 Å². The average Bonchev–Trinajstić information content (AvgIpc) is 4.27. The van der Waals surface area contributed by atoms with Gasteiger partial charge in [-0.15, -0.1) is 0 Å². The molecule has 9 rings (SSSR count). The molecule has 0 spiro atoms. The zero-order valence-electron chi connectivity index (χ0n) is 43.3. The molecule has 2 saturated carbocycles. The number of carbonyl (C=O) groups excluding carboxylic acids is 2. The van der Waals surface area contributed by atoms with E-state index in [-0.39, 0.29) is 34.6 Å². The first kappa shape index (κ1) is 58.6. The number of carbonyl (C=O) groups is 2. The number of aromatic nitrogens is 4. The number of amides is 2. The highest BCUT2D eigenvalue weighted by Gasteiger charge is 2.38. The Labute approximate surface area is 464 Å². The summed E-state index contributed by atoms with van der Waals surface area (Å²) in [6.07, 6.45) is 18.7. The minimum Gasteiger partial charge on any atom is -0.441 e. The lowest BCUT2D eigenvalue weighted by atomic mass is 10.1. The zero-order chi connectivity index (χ0) is 54.1. The Morgan fingerprint density at radius 2 is 1.09 bits per heavy atom. The van der Waals surface area contributed by atoms with Crippen molar-refractivity contribution in [1.29, 1.82) is 0 Å². The smallest absolute Gasteiger partial charge is 0.251 e. The van der Waals surface area contributed by atoms with Gasteiger partial charge in [0.25, 0.3) is 11.8 Å². The number of sulfone groups is 2. The highest BCUT2D eigenvalue weighted by Crippen LogP contribution is 2.34. The molecular weight excluding hydrogens is 1140 g/mol. The number of hydrogen-bond acceptors (Lipinski definition) is 14. The topological polar surface area (TPSA) is 234 Å². The maximum absolute atomic E-state index is 13.3. The Morgan fingerprint density at radius 1 is 0.632 bits per heavy atom. The van der Waals surface area contributed by atoms with Gasteiger partial charge in [0.15, 0.2) is 19.7 Å². The van der Waals surface area contributed by atoms with E-state index in [1.54, 1.807) is 87.2 Å². The molecule has 2 aromatic carbocycles. The fraction of sp³-hybridized carbons (Fsp3) is 0.464. The van der Waals surface area contributed by atoms with Gasteiger partial charge in [0, 0.05) is 82.9 Å². The number of nitrogens with two attached hydrogens (primary N) is 1. The van der Waals surface area contributed by atoms with Crippen LogP contribution >= 0.6 is 31.9 Å². The summed E-state index contributed by atoms with van der Waals surface area (Å²) in [5, 5.41) is 7.30. The maximum atomic E-state index is 13.3. The molecule has 4 atom stereocenters. The quantitative estimate of drug-likeness (QED) is 0.0506. The van der Waals surface area contributed by atoms with E-state index in [0.29, 0.717) is 88.9 Å². The molecule has 0 unspecified atom stereocenters. The predicted octanol–water partition coefficient (Wildman–Crippen LogP) is 10.0. The van der Waals surface area contributed by atoms with E-state index in [9.17, 15) is 26.4 Å². The van der Waals surface area contributed by atoms with E-state index in [1.165, 1.54) is 38.5 Å². The summed E-state index contributed by atoms with van der Waals surface area (Å²) in [5.41, 5.74) is 11.0. The largest absolute Gasteiger partial charge is 0.441 e. The maximum Gasteiger partial charge on any atom is 0.251 e. The first-order valence-corrected chi connectivity index (χ1v) is 31.8. The fourth-order valence-corrected chi connectivity index (χ4v) is 14.2. The minimum atomic E-state index is -3.34. The highest BCUT2D eigenvalue weighted by molar-refractivity contribution is 9.09. The van der Waals surface area contributed by atoms with Crippen molar-refractivity contribution in [3.8, 4) is 22.9 Å². The summed E-state index contributed by atoms with van der Waals surface area (Å²) in [4.78, 5) is 44.4. The molecular formula is C56H70Br2N8O8S2. The summed E-state index contributed by atoms with van der Waals surface area (Å²) >= 11 is 6.73. The molecule has 1 saturated heterocycles. The van der Waals surface area contributed by atoms with Gasteiger partial charge in [-0.3, -0.25) is 19.6 Å². The number of pyridine rings is 2. The van der Waals surface area contributed by atoms with Crippen LogP contribution in [0.2, 0.25) is 0 Å². The van der Waals surface area contributed by atoms with Crippen molar-refractivity contribution >= 4 is 63.3 Å². The second kappa shape index (κ2) is 28.5. The molecule has 0 bridgehead atoms. The number of benzene rings is 2. The monoisotopic (exact) mass is 1200 g/mol. The summed E-state index contributed by atoms with van der Waals surface area (Å²) in [5.74, 6) is 1.03. The van der Waals surface area contributed by atoms with Crippen LogP contribution in [0.5, 0.6) is 0 Å². The molecule has 6 aromatic rings. The number of piperidine rings is 1. The third-order valence-corrected chi connectivity index (χ3v) is 19.4. The molecule has 4 aromatic heterocycles. The Hall–Kier alpha value is -5.12. The lowest BCUT2D eigenvalue weighted by Gasteiger charge is -2.32. The van der Waals surface area contributed by atoms with Crippen LogP contribution in [-0.2, 0) is 44.3 Å². The molecule has 3 fully saturated rings. The third kappa shape index (κ3) is 16.9. The van der Waals surface area contributed by atoms with Crippen LogP contribution in [-0.4, -0.2) is 99.8 Å². The molecule has 16 nitrogen and oxygen atoms in total. The van der Waals surface area contributed by atoms with Gasteiger partial charge >= 0.3 is 0 Å². The van der Waals surface area contributed by atoms with Gasteiger partial charge in [-0.25, -0.2) is 26.8 Å². The first-order chi connectivity index (χ1) is 36.6. The van der Waals surface area contributed by atoms with Gasteiger partial charge in [0.2, 0.25) is 11.8 Å². The number of aryl methyl sites for hydroxylation is 2. The number of nitrogens with one attached hydrogen (secondary N) is 2. The summed E-state index contributed by atoms with van der Waals surface area (Å²) in [6.45, 7) is 6.43. The predicted molar refractivity (Wildman–Crippen MR) is 303 cm³/mol. The number of rotatable bonds is 19. The lowest BCUT2D eigenvalue weighted by molar-refractivity contribution is 0.0943. The average molecular weight is 1210 g/mol. The van der Waals surface area contributed by atoms with Crippen molar-refractivity contribution in [3.63, 3.8) is 0 Å². The number of unbranched alkanes of at least 4 members (excludes halogenated alkanes) is 2. The van der Waals surface area contributed by atoms with E-state index < -0.39 is 24.9 Å². The molecule has 2 aliphatic carbocycles. The van der Waals surface area contributed by atoms with Crippen LogP contribution in [0.3, 0.4) is 0 Å². The second-order valence-corrected chi connectivity index (χ2v) is 25.9. The summed E-state index contributed by atoms with van der Waals surface area (Å²) < 4.78 is 63.6. The van der Waals surface area contributed by atoms with Crippen molar-refractivity contribution in [3.05, 3.63) is 143 Å². The highest BCUT2D eigenvalue weighted by atomic mass is 79.9. The van der Waals surface area contributed by atoms with Crippen LogP contribution < -0.4 is 16.4 Å². The molecule has 2 amide bonds. The number of likely N-dealkylation sites (tertiary alicyclic amines) is 1. The van der Waals surface area contributed by atoms with E-state index in [4.69, 9.17) is 14.6 Å². The van der Waals surface area contributed by atoms with Gasteiger partial charge in [0.05, 0.1) is 33.4 Å². The molecule has 1 aliphatic heterocycles. The van der Waals surface area contributed by atoms with Crippen LogP contribution in [0.4, 0.5) is 0 Å². The second-order valence-electron chi connectivity index (χ2n) is 19.7. The molecule has 408 valence electrons. The van der Waals surface area contributed by atoms with Crippen molar-refractivity contribution in [2.75, 3.05) is 23.7 Å². The Balaban J connectivity index is 0.000000198. The Kier molecular flexibility index (Phi) is 22.0. The third-order valence-electron chi connectivity index (χ3n) is 14.1. The number of hydrogen-bond donors (Lipinski definition) is 3. The first-order valence-electron chi connectivity index (χ1n) is 26.1.